The molecule has 0 N–H and O–H groups in total. The van der Waals surface area contributed by atoms with Gasteiger partial charge in [0.2, 0.25) is 23.4 Å². The molecular weight excluding hydrogens is 405 g/mol. The van der Waals surface area contributed by atoms with Gasteiger partial charge in [-0.3, -0.25) is 4.79 Å². The predicted molar refractivity (Wildman–Crippen MR) is 110 cm³/mol. The van der Waals surface area contributed by atoms with E-state index in [4.69, 9.17) is 18.7 Å². The summed E-state index contributed by atoms with van der Waals surface area (Å²) < 4.78 is 35.5. The highest BCUT2D eigenvalue weighted by Crippen LogP contribution is 2.41. The Balaban J connectivity index is 1.59. The SMILES string of the molecule is COc1cc(-c2noc(C3CC(=O)N(c4ccc(C)c(F)c4)C3)n2)cc(OC)c1OC. The van der Waals surface area contributed by atoms with E-state index in [1.54, 1.807) is 31.2 Å². The number of halogens is 1. The van der Waals surface area contributed by atoms with Gasteiger partial charge in [-0.25, -0.2) is 4.39 Å². The van der Waals surface area contributed by atoms with E-state index in [0.717, 1.165) is 0 Å². The number of benzene rings is 2. The molecule has 4 rings (SSSR count). The van der Waals surface area contributed by atoms with Crippen LogP contribution >= 0.6 is 0 Å². The second-order valence-corrected chi connectivity index (χ2v) is 7.21. The van der Waals surface area contributed by atoms with Gasteiger partial charge < -0.3 is 23.6 Å². The number of nitrogens with zero attached hydrogens (tertiary/aromatic N) is 3. The third-order valence-electron chi connectivity index (χ3n) is 5.31. The van der Waals surface area contributed by atoms with Crippen molar-refractivity contribution >= 4 is 11.6 Å². The number of aryl methyl sites for hydroxylation is 1. The molecule has 2 aromatic carbocycles. The summed E-state index contributed by atoms with van der Waals surface area (Å²) in [5.74, 6) is 1.30. The van der Waals surface area contributed by atoms with Crippen LogP contribution in [0.25, 0.3) is 11.4 Å². The standard InChI is InChI=1S/C22H22FN3O5/c1-12-5-6-15(10-16(12)23)26-11-14(9-19(26)27)22-24-21(25-31-22)13-7-17(28-2)20(30-4)18(8-13)29-3/h5-8,10,14H,9,11H2,1-4H3. The summed E-state index contributed by atoms with van der Waals surface area (Å²) in [6, 6.07) is 8.19. The van der Waals surface area contributed by atoms with E-state index in [0.29, 0.717) is 52.3 Å². The highest BCUT2D eigenvalue weighted by atomic mass is 19.1. The number of methoxy groups -OCH3 is 3. The summed E-state index contributed by atoms with van der Waals surface area (Å²) in [6.45, 7) is 2.01. The van der Waals surface area contributed by atoms with E-state index in [1.807, 2.05) is 0 Å². The van der Waals surface area contributed by atoms with Gasteiger partial charge in [-0.15, -0.1) is 0 Å². The minimum absolute atomic E-state index is 0.124. The Labute approximate surface area is 178 Å². The number of rotatable bonds is 6. The Morgan fingerprint density at radius 1 is 1.10 bits per heavy atom. The first-order valence-electron chi connectivity index (χ1n) is 9.65. The van der Waals surface area contributed by atoms with Crippen LogP contribution < -0.4 is 19.1 Å². The number of carbonyl (C=O) groups is 1. The van der Waals surface area contributed by atoms with Crippen LogP contribution in [0.15, 0.2) is 34.9 Å². The van der Waals surface area contributed by atoms with Crippen LogP contribution in [0.3, 0.4) is 0 Å². The smallest absolute Gasteiger partial charge is 0.232 e. The number of carbonyl (C=O) groups excluding carboxylic acids is 1. The Hall–Kier alpha value is -3.62. The van der Waals surface area contributed by atoms with Crippen LogP contribution in [-0.4, -0.2) is 43.9 Å². The average molecular weight is 427 g/mol. The van der Waals surface area contributed by atoms with E-state index in [1.165, 1.54) is 32.3 Å². The van der Waals surface area contributed by atoms with Gasteiger partial charge >= 0.3 is 0 Å². The lowest BCUT2D eigenvalue weighted by Crippen LogP contribution is -2.24. The van der Waals surface area contributed by atoms with Crippen molar-refractivity contribution in [1.82, 2.24) is 10.1 Å². The maximum absolute atomic E-state index is 13.9. The topological polar surface area (TPSA) is 86.9 Å². The van der Waals surface area contributed by atoms with E-state index in [2.05, 4.69) is 10.1 Å². The van der Waals surface area contributed by atoms with Crippen molar-refractivity contribution in [2.45, 2.75) is 19.3 Å². The average Bonchev–Trinajstić information content (AvgIpc) is 3.41. The first-order valence-corrected chi connectivity index (χ1v) is 9.65. The molecule has 3 aromatic rings. The maximum atomic E-state index is 13.9. The Morgan fingerprint density at radius 2 is 1.81 bits per heavy atom. The zero-order valence-corrected chi connectivity index (χ0v) is 17.6. The second kappa shape index (κ2) is 8.25. The number of ether oxygens (including phenoxy) is 3. The van der Waals surface area contributed by atoms with Gasteiger partial charge in [-0.2, -0.15) is 4.98 Å². The molecule has 2 heterocycles. The predicted octanol–water partition coefficient (Wildman–Crippen LogP) is 3.73. The van der Waals surface area contributed by atoms with E-state index < -0.39 is 0 Å². The monoisotopic (exact) mass is 427 g/mol. The molecule has 9 heteroatoms. The van der Waals surface area contributed by atoms with Crippen molar-refractivity contribution in [2.24, 2.45) is 0 Å². The Morgan fingerprint density at radius 3 is 2.42 bits per heavy atom. The molecule has 0 saturated carbocycles. The van der Waals surface area contributed by atoms with Crippen molar-refractivity contribution < 1.29 is 27.9 Å². The van der Waals surface area contributed by atoms with Crippen molar-refractivity contribution in [3.63, 3.8) is 0 Å². The molecule has 1 aliphatic rings. The fourth-order valence-electron chi connectivity index (χ4n) is 3.60. The fraction of sp³-hybridized carbons (Fsp3) is 0.318. The lowest BCUT2D eigenvalue weighted by atomic mass is 10.1. The molecule has 0 radical (unpaired) electrons. The van der Waals surface area contributed by atoms with Crippen LogP contribution in [0.4, 0.5) is 10.1 Å². The number of aromatic nitrogens is 2. The Bertz CT molecular complexity index is 1110. The van der Waals surface area contributed by atoms with Crippen LogP contribution in [-0.2, 0) is 4.79 Å². The van der Waals surface area contributed by atoms with E-state index in [9.17, 15) is 9.18 Å². The third kappa shape index (κ3) is 3.78. The largest absolute Gasteiger partial charge is 0.493 e. The number of anilines is 1. The minimum atomic E-state index is -0.351. The highest BCUT2D eigenvalue weighted by Gasteiger charge is 2.35. The van der Waals surface area contributed by atoms with Crippen LogP contribution in [0, 0.1) is 12.7 Å². The zero-order chi connectivity index (χ0) is 22.1. The molecular formula is C22H22FN3O5. The van der Waals surface area contributed by atoms with Crippen molar-refractivity contribution in [3.8, 4) is 28.6 Å². The number of hydrogen-bond donors (Lipinski definition) is 0. The van der Waals surface area contributed by atoms with Gasteiger partial charge in [0.05, 0.1) is 27.2 Å². The van der Waals surface area contributed by atoms with Gasteiger partial charge in [0, 0.05) is 24.2 Å². The first kappa shape index (κ1) is 20.6. The zero-order valence-electron chi connectivity index (χ0n) is 17.6. The van der Waals surface area contributed by atoms with Gasteiger partial charge in [0.15, 0.2) is 11.5 Å². The number of amides is 1. The molecule has 0 spiro atoms. The summed E-state index contributed by atoms with van der Waals surface area (Å²) >= 11 is 0. The lowest BCUT2D eigenvalue weighted by Gasteiger charge is -2.16. The van der Waals surface area contributed by atoms with Crippen LogP contribution in [0.1, 0.15) is 23.8 Å². The van der Waals surface area contributed by atoms with Crippen molar-refractivity contribution in [1.29, 1.82) is 0 Å². The molecule has 1 atom stereocenters. The lowest BCUT2D eigenvalue weighted by molar-refractivity contribution is -0.117. The van der Waals surface area contributed by atoms with E-state index in [-0.39, 0.29) is 24.1 Å². The fourth-order valence-corrected chi connectivity index (χ4v) is 3.60. The quantitative estimate of drug-likeness (QED) is 0.592. The van der Waals surface area contributed by atoms with Gasteiger partial charge in [-0.05, 0) is 36.8 Å². The molecule has 1 saturated heterocycles. The van der Waals surface area contributed by atoms with E-state index >= 15 is 0 Å². The van der Waals surface area contributed by atoms with Crippen molar-refractivity contribution in [3.05, 3.63) is 47.6 Å². The third-order valence-corrected chi connectivity index (χ3v) is 5.31. The second-order valence-electron chi connectivity index (χ2n) is 7.21. The summed E-state index contributed by atoms with van der Waals surface area (Å²) in [5.41, 5.74) is 1.66. The summed E-state index contributed by atoms with van der Waals surface area (Å²) in [5, 5.41) is 4.06. The molecule has 31 heavy (non-hydrogen) atoms. The highest BCUT2D eigenvalue weighted by molar-refractivity contribution is 5.96. The van der Waals surface area contributed by atoms with Gasteiger partial charge in [0.25, 0.3) is 0 Å². The first-order chi connectivity index (χ1) is 14.9. The maximum Gasteiger partial charge on any atom is 0.232 e. The Kier molecular flexibility index (Phi) is 5.50. The molecule has 1 aliphatic heterocycles. The molecule has 8 nitrogen and oxygen atoms in total. The van der Waals surface area contributed by atoms with Gasteiger partial charge in [-0.1, -0.05) is 11.2 Å². The molecule has 0 bridgehead atoms. The molecule has 162 valence electrons. The van der Waals surface area contributed by atoms with Crippen molar-refractivity contribution in [2.75, 3.05) is 32.8 Å². The van der Waals surface area contributed by atoms with Crippen LogP contribution in [0.2, 0.25) is 0 Å². The molecule has 0 aliphatic carbocycles. The summed E-state index contributed by atoms with van der Waals surface area (Å²) in [4.78, 5) is 18.6. The van der Waals surface area contributed by atoms with Crippen LogP contribution in [0.5, 0.6) is 17.2 Å². The normalized spacial score (nSPS) is 16.0. The molecule has 1 unspecified atom stereocenters. The molecule has 1 amide bonds. The summed E-state index contributed by atoms with van der Waals surface area (Å²) in [7, 11) is 4.57. The number of hydrogen-bond acceptors (Lipinski definition) is 7. The summed E-state index contributed by atoms with van der Waals surface area (Å²) in [6.07, 6.45) is 0.201. The molecule has 1 aromatic heterocycles. The minimum Gasteiger partial charge on any atom is -0.493 e. The van der Waals surface area contributed by atoms with Gasteiger partial charge in [0.1, 0.15) is 5.82 Å². The molecule has 1 fully saturated rings.